The van der Waals surface area contributed by atoms with E-state index in [4.69, 9.17) is 9.47 Å². The van der Waals surface area contributed by atoms with E-state index in [-0.39, 0.29) is 17.5 Å². The van der Waals surface area contributed by atoms with Gasteiger partial charge in [-0.2, -0.15) is 0 Å². The Kier molecular flexibility index (Phi) is 3.14. The van der Waals surface area contributed by atoms with E-state index < -0.39 is 21.7 Å². The van der Waals surface area contributed by atoms with Crippen LogP contribution >= 0.6 is 0 Å². The first-order valence-electron chi connectivity index (χ1n) is 6.40. The van der Waals surface area contributed by atoms with Gasteiger partial charge in [-0.05, 0) is 13.0 Å². The van der Waals surface area contributed by atoms with Crippen molar-refractivity contribution in [3.63, 3.8) is 0 Å². The molecule has 2 unspecified atom stereocenters. The zero-order chi connectivity index (χ0) is 12.8. The van der Waals surface area contributed by atoms with E-state index in [0.29, 0.717) is 19.8 Å². The number of hydrogen-bond donors (Lipinski definition) is 1. The fourth-order valence-corrected chi connectivity index (χ4v) is 5.03. The number of ether oxygens (including phenoxy) is 2. The van der Waals surface area contributed by atoms with E-state index in [9.17, 15) is 13.5 Å². The topological polar surface area (TPSA) is 76.1 Å². The third-order valence-corrected chi connectivity index (χ3v) is 5.72. The molecule has 0 aromatic heterocycles. The first-order chi connectivity index (χ1) is 8.50. The van der Waals surface area contributed by atoms with E-state index >= 15 is 0 Å². The number of sulfone groups is 1. The summed E-state index contributed by atoms with van der Waals surface area (Å²) in [5.41, 5.74) is 0. The van der Waals surface area contributed by atoms with Gasteiger partial charge in [-0.25, -0.2) is 8.42 Å². The summed E-state index contributed by atoms with van der Waals surface area (Å²) in [5.74, 6) is -0.641. The number of nitrogens with zero attached hydrogens (tertiary/aromatic N) is 1. The predicted octanol–water partition coefficient (Wildman–Crippen LogP) is -1.02. The molecule has 3 saturated heterocycles. The summed E-state index contributed by atoms with van der Waals surface area (Å²) in [6.07, 6.45) is 0.967. The SMILES string of the molecule is O=S1(=O)CC(O)C(N2CCCC3(C2)OCCO3)C1. The van der Waals surface area contributed by atoms with Crippen LogP contribution in [0.25, 0.3) is 0 Å². The third kappa shape index (κ3) is 2.30. The summed E-state index contributed by atoms with van der Waals surface area (Å²) in [4.78, 5) is 2.02. The molecule has 0 saturated carbocycles. The lowest BCUT2D eigenvalue weighted by Crippen LogP contribution is -2.55. The molecule has 1 N–H and O–H groups in total. The highest BCUT2D eigenvalue weighted by molar-refractivity contribution is 7.91. The summed E-state index contributed by atoms with van der Waals surface area (Å²) in [6, 6.07) is -0.306. The van der Waals surface area contributed by atoms with Crippen LogP contribution in [-0.4, -0.2) is 74.2 Å². The molecule has 104 valence electrons. The molecule has 3 heterocycles. The minimum Gasteiger partial charge on any atom is -0.390 e. The fourth-order valence-electron chi connectivity index (χ4n) is 3.19. The van der Waals surface area contributed by atoms with Crippen molar-refractivity contribution in [2.24, 2.45) is 0 Å². The molecular weight excluding hydrogens is 258 g/mol. The van der Waals surface area contributed by atoms with Gasteiger partial charge in [0.15, 0.2) is 15.6 Å². The zero-order valence-corrected chi connectivity index (χ0v) is 11.1. The second-order valence-electron chi connectivity index (χ2n) is 5.39. The second kappa shape index (κ2) is 4.42. The summed E-state index contributed by atoms with van der Waals surface area (Å²) in [7, 11) is -3.10. The Morgan fingerprint density at radius 2 is 1.94 bits per heavy atom. The molecule has 0 aliphatic carbocycles. The van der Waals surface area contributed by atoms with Gasteiger partial charge in [0.25, 0.3) is 0 Å². The van der Waals surface area contributed by atoms with Crippen LogP contribution in [0.5, 0.6) is 0 Å². The van der Waals surface area contributed by atoms with Crippen molar-refractivity contribution < 1.29 is 23.0 Å². The Morgan fingerprint density at radius 3 is 2.56 bits per heavy atom. The maximum Gasteiger partial charge on any atom is 0.181 e. The van der Waals surface area contributed by atoms with Gasteiger partial charge in [0.2, 0.25) is 0 Å². The van der Waals surface area contributed by atoms with Crippen molar-refractivity contribution in [1.29, 1.82) is 0 Å². The van der Waals surface area contributed by atoms with Crippen molar-refractivity contribution in [1.82, 2.24) is 4.90 Å². The van der Waals surface area contributed by atoms with Gasteiger partial charge in [0, 0.05) is 6.42 Å². The van der Waals surface area contributed by atoms with Gasteiger partial charge in [0.05, 0.1) is 43.4 Å². The van der Waals surface area contributed by atoms with Crippen molar-refractivity contribution in [2.45, 2.75) is 30.8 Å². The van der Waals surface area contributed by atoms with Gasteiger partial charge in [-0.1, -0.05) is 0 Å². The predicted molar refractivity (Wildman–Crippen MR) is 63.9 cm³/mol. The monoisotopic (exact) mass is 277 g/mol. The van der Waals surface area contributed by atoms with Crippen LogP contribution in [-0.2, 0) is 19.3 Å². The second-order valence-corrected chi connectivity index (χ2v) is 7.55. The van der Waals surface area contributed by atoms with Gasteiger partial charge in [-0.15, -0.1) is 0 Å². The molecule has 0 radical (unpaired) electrons. The van der Waals surface area contributed by atoms with E-state index in [0.717, 1.165) is 19.4 Å². The van der Waals surface area contributed by atoms with Gasteiger partial charge >= 0.3 is 0 Å². The largest absolute Gasteiger partial charge is 0.390 e. The highest BCUT2D eigenvalue weighted by atomic mass is 32.2. The molecule has 0 aromatic carbocycles. The number of hydrogen-bond acceptors (Lipinski definition) is 6. The number of aliphatic hydroxyl groups excluding tert-OH is 1. The number of aliphatic hydroxyl groups is 1. The molecular formula is C11H19NO5S. The van der Waals surface area contributed by atoms with Crippen LogP contribution in [0.2, 0.25) is 0 Å². The van der Waals surface area contributed by atoms with Crippen LogP contribution in [0.3, 0.4) is 0 Å². The zero-order valence-electron chi connectivity index (χ0n) is 10.2. The smallest absolute Gasteiger partial charge is 0.181 e. The van der Waals surface area contributed by atoms with Gasteiger partial charge in [0.1, 0.15) is 0 Å². The first-order valence-corrected chi connectivity index (χ1v) is 8.22. The summed E-state index contributed by atoms with van der Waals surface area (Å²) >= 11 is 0. The van der Waals surface area contributed by atoms with Crippen LogP contribution in [0.4, 0.5) is 0 Å². The Labute approximate surface area is 107 Å². The standard InChI is InChI=1S/C11H19NO5S/c13-10-7-18(14,15)6-9(10)12-3-1-2-11(8-12)16-4-5-17-11/h9-10,13H,1-8H2. The van der Waals surface area contributed by atoms with Crippen LogP contribution in [0.1, 0.15) is 12.8 Å². The highest BCUT2D eigenvalue weighted by Gasteiger charge is 2.47. The Balaban J connectivity index is 1.73. The Bertz CT molecular complexity index is 417. The first kappa shape index (κ1) is 12.8. The molecule has 0 amide bonds. The molecule has 1 spiro atoms. The van der Waals surface area contributed by atoms with E-state index in [1.54, 1.807) is 0 Å². The molecule has 0 aromatic rings. The van der Waals surface area contributed by atoms with Crippen molar-refractivity contribution in [3.8, 4) is 0 Å². The van der Waals surface area contributed by atoms with Crippen molar-refractivity contribution in [3.05, 3.63) is 0 Å². The number of piperidine rings is 1. The van der Waals surface area contributed by atoms with Crippen LogP contribution in [0.15, 0.2) is 0 Å². The molecule has 3 fully saturated rings. The lowest BCUT2D eigenvalue weighted by molar-refractivity contribution is -0.195. The van der Waals surface area contributed by atoms with E-state index in [1.807, 2.05) is 4.90 Å². The highest BCUT2D eigenvalue weighted by Crippen LogP contribution is 2.32. The average molecular weight is 277 g/mol. The van der Waals surface area contributed by atoms with Crippen molar-refractivity contribution >= 4 is 9.84 Å². The van der Waals surface area contributed by atoms with Gasteiger partial charge in [-0.3, -0.25) is 4.90 Å². The molecule has 3 rings (SSSR count). The summed E-state index contributed by atoms with van der Waals surface area (Å²) in [6.45, 7) is 2.55. The fraction of sp³-hybridized carbons (Fsp3) is 1.00. The Morgan fingerprint density at radius 1 is 1.22 bits per heavy atom. The van der Waals surface area contributed by atoms with Crippen LogP contribution in [0, 0.1) is 0 Å². The minimum absolute atomic E-state index is 0.0459. The lowest BCUT2D eigenvalue weighted by Gasteiger charge is -2.41. The molecule has 7 heteroatoms. The van der Waals surface area contributed by atoms with Crippen molar-refractivity contribution in [2.75, 3.05) is 37.8 Å². The normalized spacial score (nSPS) is 39.4. The average Bonchev–Trinajstić information content (AvgIpc) is 2.84. The minimum atomic E-state index is -3.10. The number of rotatable bonds is 1. The summed E-state index contributed by atoms with van der Waals surface area (Å²) in [5, 5.41) is 9.91. The lowest BCUT2D eigenvalue weighted by atomic mass is 10.0. The molecule has 18 heavy (non-hydrogen) atoms. The number of likely N-dealkylation sites (tertiary alicyclic amines) is 1. The third-order valence-electron chi connectivity index (χ3n) is 4.02. The quantitative estimate of drug-likeness (QED) is 0.661. The Hall–Kier alpha value is -0.210. The molecule has 3 aliphatic rings. The maximum absolute atomic E-state index is 11.6. The molecule has 2 atom stereocenters. The summed E-state index contributed by atoms with van der Waals surface area (Å²) < 4.78 is 34.4. The molecule has 6 nitrogen and oxygen atoms in total. The maximum atomic E-state index is 11.6. The molecule has 3 aliphatic heterocycles. The molecule has 0 bridgehead atoms. The van der Waals surface area contributed by atoms with E-state index in [1.165, 1.54) is 0 Å². The van der Waals surface area contributed by atoms with E-state index in [2.05, 4.69) is 0 Å². The van der Waals surface area contributed by atoms with Gasteiger partial charge < -0.3 is 14.6 Å². The van der Waals surface area contributed by atoms with Crippen LogP contribution < -0.4 is 0 Å².